The molecule has 0 aliphatic heterocycles. The number of rotatable bonds is 1. The number of nitrogens with zero attached hydrogens (tertiary/aromatic N) is 1. The average Bonchev–Trinajstić information content (AvgIpc) is 2.52. The Morgan fingerprint density at radius 2 is 2.23 bits per heavy atom. The van der Waals surface area contributed by atoms with E-state index in [9.17, 15) is 0 Å². The van der Waals surface area contributed by atoms with Gasteiger partial charge in [0.05, 0.1) is 6.20 Å². The monoisotopic (exact) mass is 286 g/mol. The SMILES string of the molecule is Nc1ncc(-c2cccc(I)c2)o1. The topological polar surface area (TPSA) is 52.0 Å². The van der Waals surface area contributed by atoms with Crippen LogP contribution in [0.25, 0.3) is 11.3 Å². The number of nitrogen functional groups attached to an aromatic ring is 1. The zero-order valence-electron chi connectivity index (χ0n) is 6.70. The fourth-order valence-electron chi connectivity index (χ4n) is 1.06. The first-order valence-corrected chi connectivity index (χ1v) is 4.81. The van der Waals surface area contributed by atoms with E-state index in [1.165, 1.54) is 0 Å². The van der Waals surface area contributed by atoms with Gasteiger partial charge in [-0.2, -0.15) is 0 Å². The largest absolute Gasteiger partial charge is 0.424 e. The molecule has 2 rings (SSSR count). The molecule has 0 aliphatic rings. The van der Waals surface area contributed by atoms with Crippen LogP contribution in [-0.4, -0.2) is 4.98 Å². The first-order valence-electron chi connectivity index (χ1n) is 3.73. The second-order valence-corrected chi connectivity index (χ2v) is 3.82. The van der Waals surface area contributed by atoms with Crippen LogP contribution < -0.4 is 5.73 Å². The molecule has 0 aliphatic carbocycles. The van der Waals surface area contributed by atoms with Crippen LogP contribution >= 0.6 is 22.6 Å². The zero-order chi connectivity index (χ0) is 9.26. The van der Waals surface area contributed by atoms with E-state index in [4.69, 9.17) is 10.2 Å². The van der Waals surface area contributed by atoms with Gasteiger partial charge in [-0.3, -0.25) is 0 Å². The van der Waals surface area contributed by atoms with Crippen molar-refractivity contribution in [2.75, 3.05) is 5.73 Å². The fraction of sp³-hybridized carbons (Fsp3) is 0. The van der Waals surface area contributed by atoms with Crippen LogP contribution in [0.4, 0.5) is 6.01 Å². The maximum atomic E-state index is 5.37. The predicted octanol–water partition coefficient (Wildman–Crippen LogP) is 2.53. The summed E-state index contributed by atoms with van der Waals surface area (Å²) in [5.74, 6) is 0.705. The Balaban J connectivity index is 2.46. The van der Waals surface area contributed by atoms with Crippen molar-refractivity contribution in [1.29, 1.82) is 0 Å². The van der Waals surface area contributed by atoms with E-state index < -0.39 is 0 Å². The minimum atomic E-state index is 0.203. The van der Waals surface area contributed by atoms with Crippen molar-refractivity contribution in [3.8, 4) is 11.3 Å². The van der Waals surface area contributed by atoms with Gasteiger partial charge in [0.25, 0.3) is 6.01 Å². The summed E-state index contributed by atoms with van der Waals surface area (Å²) in [6.07, 6.45) is 1.63. The van der Waals surface area contributed by atoms with Crippen molar-refractivity contribution in [2.24, 2.45) is 0 Å². The predicted molar refractivity (Wildman–Crippen MR) is 59.1 cm³/mol. The van der Waals surface area contributed by atoms with Gasteiger partial charge in [-0.15, -0.1) is 0 Å². The van der Waals surface area contributed by atoms with Crippen LogP contribution in [0.2, 0.25) is 0 Å². The van der Waals surface area contributed by atoms with Gasteiger partial charge in [0.2, 0.25) is 0 Å². The molecule has 3 nitrogen and oxygen atoms in total. The summed E-state index contributed by atoms with van der Waals surface area (Å²) in [5.41, 5.74) is 6.37. The van der Waals surface area contributed by atoms with Gasteiger partial charge in [-0.1, -0.05) is 12.1 Å². The van der Waals surface area contributed by atoms with Gasteiger partial charge in [0, 0.05) is 9.13 Å². The Kier molecular flexibility index (Phi) is 2.22. The molecule has 4 heteroatoms. The maximum Gasteiger partial charge on any atom is 0.292 e. The van der Waals surface area contributed by atoms with Crippen molar-refractivity contribution in [3.05, 3.63) is 34.0 Å². The van der Waals surface area contributed by atoms with E-state index in [0.29, 0.717) is 5.76 Å². The van der Waals surface area contributed by atoms with Gasteiger partial charge in [-0.25, -0.2) is 4.98 Å². The molecular weight excluding hydrogens is 279 g/mol. The minimum Gasteiger partial charge on any atom is -0.424 e. The number of hydrogen-bond acceptors (Lipinski definition) is 3. The molecule has 0 spiro atoms. The van der Waals surface area contributed by atoms with Gasteiger partial charge >= 0.3 is 0 Å². The first kappa shape index (κ1) is 8.55. The highest BCUT2D eigenvalue weighted by molar-refractivity contribution is 14.1. The van der Waals surface area contributed by atoms with Crippen LogP contribution in [-0.2, 0) is 0 Å². The molecule has 0 saturated carbocycles. The third kappa shape index (κ3) is 1.82. The summed E-state index contributed by atoms with van der Waals surface area (Å²) in [7, 11) is 0. The van der Waals surface area contributed by atoms with Crippen molar-refractivity contribution < 1.29 is 4.42 Å². The molecule has 0 saturated heterocycles. The number of hydrogen-bond donors (Lipinski definition) is 1. The summed E-state index contributed by atoms with van der Waals surface area (Å²) < 4.78 is 6.35. The lowest BCUT2D eigenvalue weighted by Crippen LogP contribution is -1.80. The average molecular weight is 286 g/mol. The lowest BCUT2D eigenvalue weighted by atomic mass is 10.2. The lowest BCUT2D eigenvalue weighted by Gasteiger charge is -1.95. The quantitative estimate of drug-likeness (QED) is 0.819. The van der Waals surface area contributed by atoms with Crippen molar-refractivity contribution in [3.63, 3.8) is 0 Å². The smallest absolute Gasteiger partial charge is 0.292 e. The van der Waals surface area contributed by atoms with Crippen LogP contribution in [0.15, 0.2) is 34.9 Å². The lowest BCUT2D eigenvalue weighted by molar-refractivity contribution is 0.595. The van der Waals surface area contributed by atoms with Crippen LogP contribution in [0.3, 0.4) is 0 Å². The Bertz CT molecular complexity index is 425. The molecule has 0 radical (unpaired) electrons. The molecular formula is C9H7IN2O. The Morgan fingerprint density at radius 1 is 1.38 bits per heavy atom. The Labute approximate surface area is 89.1 Å². The number of anilines is 1. The van der Waals surface area contributed by atoms with E-state index in [2.05, 4.69) is 27.6 Å². The number of benzene rings is 1. The molecule has 0 bridgehead atoms. The second-order valence-electron chi connectivity index (χ2n) is 2.57. The van der Waals surface area contributed by atoms with E-state index >= 15 is 0 Å². The maximum absolute atomic E-state index is 5.37. The van der Waals surface area contributed by atoms with E-state index in [-0.39, 0.29) is 6.01 Å². The highest BCUT2D eigenvalue weighted by atomic mass is 127. The molecule has 0 unspecified atom stereocenters. The molecule has 1 aromatic carbocycles. The number of aromatic nitrogens is 1. The van der Waals surface area contributed by atoms with Crippen LogP contribution in [0.1, 0.15) is 0 Å². The van der Waals surface area contributed by atoms with Gasteiger partial charge in [-0.05, 0) is 34.7 Å². The molecule has 1 aromatic heterocycles. The Hall–Kier alpha value is -1.04. The van der Waals surface area contributed by atoms with E-state index in [1.54, 1.807) is 6.20 Å². The molecule has 2 aromatic rings. The zero-order valence-corrected chi connectivity index (χ0v) is 8.86. The molecule has 1 heterocycles. The highest BCUT2D eigenvalue weighted by Crippen LogP contribution is 2.22. The van der Waals surface area contributed by atoms with Crippen molar-refractivity contribution in [1.82, 2.24) is 4.98 Å². The molecule has 0 amide bonds. The van der Waals surface area contributed by atoms with Crippen molar-refractivity contribution in [2.45, 2.75) is 0 Å². The van der Waals surface area contributed by atoms with Crippen LogP contribution in [0, 0.1) is 3.57 Å². The number of nitrogens with two attached hydrogens (primary N) is 1. The van der Waals surface area contributed by atoms with Crippen LogP contribution in [0.5, 0.6) is 0 Å². The molecule has 0 atom stereocenters. The summed E-state index contributed by atoms with van der Waals surface area (Å²) >= 11 is 2.25. The highest BCUT2D eigenvalue weighted by Gasteiger charge is 2.03. The fourth-order valence-corrected chi connectivity index (χ4v) is 1.61. The standard InChI is InChI=1S/C9H7IN2O/c10-7-3-1-2-6(4-7)8-5-12-9(11)13-8/h1-5H,(H2,11,12). The first-order chi connectivity index (χ1) is 6.25. The summed E-state index contributed by atoms with van der Waals surface area (Å²) in [4.78, 5) is 3.83. The second kappa shape index (κ2) is 3.37. The molecule has 66 valence electrons. The third-order valence-electron chi connectivity index (χ3n) is 1.63. The minimum absolute atomic E-state index is 0.203. The van der Waals surface area contributed by atoms with E-state index in [1.807, 2.05) is 24.3 Å². The third-order valence-corrected chi connectivity index (χ3v) is 2.30. The number of halogens is 1. The normalized spacial score (nSPS) is 10.2. The molecule has 13 heavy (non-hydrogen) atoms. The molecule has 0 fully saturated rings. The summed E-state index contributed by atoms with van der Waals surface area (Å²) in [6, 6.07) is 8.16. The van der Waals surface area contributed by atoms with Gasteiger partial charge < -0.3 is 10.2 Å². The Morgan fingerprint density at radius 3 is 2.85 bits per heavy atom. The van der Waals surface area contributed by atoms with E-state index in [0.717, 1.165) is 9.13 Å². The summed E-state index contributed by atoms with van der Waals surface area (Å²) in [5, 5.41) is 0. The summed E-state index contributed by atoms with van der Waals surface area (Å²) in [6.45, 7) is 0. The van der Waals surface area contributed by atoms with Crippen molar-refractivity contribution >= 4 is 28.6 Å². The van der Waals surface area contributed by atoms with Gasteiger partial charge in [0.15, 0.2) is 5.76 Å². The number of oxazole rings is 1. The van der Waals surface area contributed by atoms with Gasteiger partial charge in [0.1, 0.15) is 0 Å². The molecule has 2 N–H and O–H groups in total.